The molecule has 0 bridgehead atoms. The minimum absolute atomic E-state index is 0. The molecule has 4 nitrogen and oxygen atoms in total. The minimum atomic E-state index is 0. The molecule has 0 aromatic carbocycles. The van der Waals surface area contributed by atoms with Gasteiger partial charge in [0.25, 0.3) is 0 Å². The van der Waals surface area contributed by atoms with Crippen molar-refractivity contribution in [2.24, 2.45) is 10.8 Å². The van der Waals surface area contributed by atoms with Crippen molar-refractivity contribution in [3.63, 3.8) is 0 Å². The van der Waals surface area contributed by atoms with Crippen LogP contribution in [0.25, 0.3) is 0 Å². The van der Waals surface area contributed by atoms with E-state index in [1.165, 1.54) is 5.01 Å². The number of rotatable bonds is 0. The minimum Gasteiger partial charge on any atom is -0.353 e. The van der Waals surface area contributed by atoms with Gasteiger partial charge in [-0.25, -0.2) is 5.84 Å². The summed E-state index contributed by atoms with van der Waals surface area (Å²) >= 11 is 0. The third-order valence-electron chi connectivity index (χ3n) is 0.991. The standard InChI is InChI=1S/C4H10N4.BrH/c1-8(5)4-6-2-3-7-4;/h2-3,5H2,1H3,(H,6,7);1H. The lowest BCUT2D eigenvalue weighted by atomic mass is 10.7. The lowest BCUT2D eigenvalue weighted by molar-refractivity contribution is 0.522. The Balaban J connectivity index is 0.000000640. The van der Waals surface area contributed by atoms with Crippen molar-refractivity contribution in [2.45, 2.75) is 0 Å². The van der Waals surface area contributed by atoms with Gasteiger partial charge in [-0.2, -0.15) is 0 Å². The highest BCUT2D eigenvalue weighted by Crippen LogP contribution is 1.83. The molecule has 0 atom stereocenters. The Kier molecular flexibility index (Phi) is 3.56. The third-order valence-corrected chi connectivity index (χ3v) is 0.991. The average Bonchev–Trinajstić information content (AvgIpc) is 2.12. The molecular weight excluding hydrogens is 184 g/mol. The van der Waals surface area contributed by atoms with Gasteiger partial charge >= 0.3 is 0 Å². The number of nitrogens with two attached hydrogens (primary N) is 1. The van der Waals surface area contributed by atoms with Crippen molar-refractivity contribution in [3.8, 4) is 0 Å². The van der Waals surface area contributed by atoms with Crippen molar-refractivity contribution >= 4 is 22.9 Å². The van der Waals surface area contributed by atoms with Crippen LogP contribution in [0.4, 0.5) is 0 Å². The molecule has 1 aliphatic rings. The van der Waals surface area contributed by atoms with Gasteiger partial charge in [-0.3, -0.25) is 10.0 Å². The van der Waals surface area contributed by atoms with E-state index in [9.17, 15) is 0 Å². The van der Waals surface area contributed by atoms with Crippen LogP contribution in [-0.2, 0) is 0 Å². The molecule has 0 aromatic rings. The van der Waals surface area contributed by atoms with Crippen LogP contribution in [0.2, 0.25) is 0 Å². The van der Waals surface area contributed by atoms with Crippen LogP contribution in [0.5, 0.6) is 0 Å². The number of halogens is 1. The first-order chi connectivity index (χ1) is 3.80. The third kappa shape index (κ3) is 2.19. The molecule has 54 valence electrons. The van der Waals surface area contributed by atoms with Crippen LogP contribution in [0.3, 0.4) is 0 Å². The average molecular weight is 195 g/mol. The van der Waals surface area contributed by atoms with Crippen LogP contribution >= 0.6 is 17.0 Å². The Bertz CT molecular complexity index is 111. The molecule has 9 heavy (non-hydrogen) atoms. The van der Waals surface area contributed by atoms with E-state index < -0.39 is 0 Å². The molecule has 3 N–H and O–H groups in total. The van der Waals surface area contributed by atoms with Gasteiger partial charge < -0.3 is 5.32 Å². The number of nitrogens with one attached hydrogen (secondary N) is 1. The zero-order valence-electron chi connectivity index (χ0n) is 5.29. The summed E-state index contributed by atoms with van der Waals surface area (Å²) in [6.45, 7) is 1.76. The first-order valence-electron chi connectivity index (χ1n) is 2.57. The largest absolute Gasteiger partial charge is 0.353 e. The first-order valence-corrected chi connectivity index (χ1v) is 2.57. The summed E-state index contributed by atoms with van der Waals surface area (Å²) in [5, 5.41) is 4.49. The van der Waals surface area contributed by atoms with E-state index in [1.807, 2.05) is 0 Å². The maximum absolute atomic E-state index is 5.34. The molecule has 1 rings (SSSR count). The Morgan fingerprint density at radius 1 is 1.78 bits per heavy atom. The Hall–Kier alpha value is -0.290. The quantitative estimate of drug-likeness (QED) is 0.398. The monoisotopic (exact) mass is 194 g/mol. The zero-order chi connectivity index (χ0) is 5.98. The molecule has 0 aliphatic carbocycles. The Labute approximate surface area is 64.9 Å². The number of aliphatic imine (C=N–C) groups is 1. The van der Waals surface area contributed by atoms with E-state index in [1.54, 1.807) is 7.05 Å². The summed E-state index contributed by atoms with van der Waals surface area (Å²) in [7, 11) is 1.76. The summed E-state index contributed by atoms with van der Waals surface area (Å²) in [6.07, 6.45) is 0. The molecule has 5 heteroatoms. The highest BCUT2D eigenvalue weighted by atomic mass is 79.9. The van der Waals surface area contributed by atoms with Gasteiger partial charge in [-0.15, -0.1) is 17.0 Å². The van der Waals surface area contributed by atoms with Crippen molar-refractivity contribution in [1.29, 1.82) is 0 Å². The van der Waals surface area contributed by atoms with Gasteiger partial charge in [0.2, 0.25) is 5.96 Å². The van der Waals surface area contributed by atoms with Gasteiger partial charge in [-0.1, -0.05) is 0 Å². The molecule has 0 amide bonds. The Morgan fingerprint density at radius 3 is 2.67 bits per heavy atom. The van der Waals surface area contributed by atoms with Gasteiger partial charge in [-0.05, 0) is 0 Å². The lowest BCUT2D eigenvalue weighted by Crippen LogP contribution is -2.40. The number of hydrogen-bond acceptors (Lipinski definition) is 4. The van der Waals surface area contributed by atoms with E-state index in [-0.39, 0.29) is 17.0 Å². The second-order valence-corrected chi connectivity index (χ2v) is 1.74. The topological polar surface area (TPSA) is 53.6 Å². The number of guanidine groups is 1. The highest BCUT2D eigenvalue weighted by molar-refractivity contribution is 8.93. The van der Waals surface area contributed by atoms with Crippen LogP contribution in [0.1, 0.15) is 0 Å². The van der Waals surface area contributed by atoms with E-state index in [2.05, 4.69) is 10.3 Å². The summed E-state index contributed by atoms with van der Waals surface area (Å²) in [6, 6.07) is 0. The molecule has 1 heterocycles. The molecule has 0 radical (unpaired) electrons. The molecule has 0 fully saturated rings. The maximum Gasteiger partial charge on any atom is 0.208 e. The van der Waals surface area contributed by atoms with Crippen molar-refractivity contribution in [1.82, 2.24) is 10.3 Å². The number of hydrogen-bond donors (Lipinski definition) is 2. The van der Waals surface area contributed by atoms with Gasteiger partial charge in [0, 0.05) is 13.6 Å². The molecular formula is C4H11BrN4. The molecule has 0 saturated carbocycles. The van der Waals surface area contributed by atoms with Crippen LogP contribution < -0.4 is 11.2 Å². The van der Waals surface area contributed by atoms with Gasteiger partial charge in [0.05, 0.1) is 6.54 Å². The SMILES string of the molecule is Br.CN(N)C1=NCCN1. The van der Waals surface area contributed by atoms with E-state index in [0.717, 1.165) is 19.0 Å². The normalized spacial score (nSPS) is 15.6. The first kappa shape index (κ1) is 8.71. The van der Waals surface area contributed by atoms with Crippen molar-refractivity contribution in [3.05, 3.63) is 0 Å². The molecule has 0 spiro atoms. The molecule has 1 aliphatic heterocycles. The highest BCUT2D eigenvalue weighted by Gasteiger charge is 2.04. The van der Waals surface area contributed by atoms with Crippen LogP contribution in [0, 0.1) is 0 Å². The number of nitrogens with zero attached hydrogens (tertiary/aromatic N) is 2. The summed E-state index contributed by atoms with van der Waals surface area (Å²) < 4.78 is 0. The lowest BCUT2D eigenvalue weighted by Gasteiger charge is -2.10. The maximum atomic E-state index is 5.34. The fraction of sp³-hybridized carbons (Fsp3) is 0.750. The van der Waals surface area contributed by atoms with Crippen molar-refractivity contribution in [2.75, 3.05) is 20.1 Å². The van der Waals surface area contributed by atoms with Crippen LogP contribution in [0.15, 0.2) is 4.99 Å². The Morgan fingerprint density at radius 2 is 2.44 bits per heavy atom. The van der Waals surface area contributed by atoms with Crippen molar-refractivity contribution < 1.29 is 0 Å². The van der Waals surface area contributed by atoms with E-state index >= 15 is 0 Å². The summed E-state index contributed by atoms with van der Waals surface area (Å²) in [5.74, 6) is 6.12. The van der Waals surface area contributed by atoms with Gasteiger partial charge in [0.15, 0.2) is 0 Å². The molecule has 0 unspecified atom stereocenters. The second kappa shape index (κ2) is 3.68. The molecule has 0 aromatic heterocycles. The second-order valence-electron chi connectivity index (χ2n) is 1.74. The molecule has 0 saturated heterocycles. The fourth-order valence-electron chi connectivity index (χ4n) is 0.622. The van der Waals surface area contributed by atoms with Gasteiger partial charge in [0.1, 0.15) is 0 Å². The van der Waals surface area contributed by atoms with E-state index in [4.69, 9.17) is 5.84 Å². The predicted molar refractivity (Wildman–Crippen MR) is 42.6 cm³/mol. The predicted octanol–water partition coefficient (Wildman–Crippen LogP) is -0.671. The smallest absolute Gasteiger partial charge is 0.208 e. The fourth-order valence-corrected chi connectivity index (χ4v) is 0.622. The zero-order valence-corrected chi connectivity index (χ0v) is 7.01. The summed E-state index contributed by atoms with van der Waals surface area (Å²) in [4.78, 5) is 4.04. The summed E-state index contributed by atoms with van der Waals surface area (Å²) in [5.41, 5.74) is 0. The van der Waals surface area contributed by atoms with E-state index in [0.29, 0.717) is 0 Å². The number of hydrazine groups is 1. The van der Waals surface area contributed by atoms with Crippen LogP contribution in [-0.4, -0.2) is 31.1 Å².